The molecule has 0 fully saturated rings. The number of carbonyl (C=O) groups is 1. The van der Waals surface area contributed by atoms with Crippen molar-refractivity contribution in [1.82, 2.24) is 14.8 Å². The Hall–Kier alpha value is -2.37. The third-order valence-electron chi connectivity index (χ3n) is 2.10. The number of methoxy groups -OCH3 is 1. The Morgan fingerprint density at radius 3 is 2.88 bits per heavy atom. The first-order valence-corrected chi connectivity index (χ1v) is 4.48. The Bertz CT molecular complexity index is 508. The van der Waals surface area contributed by atoms with E-state index in [-0.39, 0.29) is 5.56 Å². The van der Waals surface area contributed by atoms with Crippen molar-refractivity contribution in [2.24, 2.45) is 0 Å². The van der Waals surface area contributed by atoms with Crippen LogP contribution in [0.15, 0.2) is 30.9 Å². The highest BCUT2D eigenvalue weighted by molar-refractivity contribution is 5.91. The summed E-state index contributed by atoms with van der Waals surface area (Å²) in [4.78, 5) is 14.7. The minimum Gasteiger partial charge on any atom is -0.496 e. The van der Waals surface area contributed by atoms with Crippen molar-refractivity contribution in [1.29, 1.82) is 0 Å². The van der Waals surface area contributed by atoms with Crippen molar-refractivity contribution in [3.8, 4) is 11.4 Å². The number of benzene rings is 1. The molecule has 0 spiro atoms. The molecule has 6 nitrogen and oxygen atoms in total. The van der Waals surface area contributed by atoms with E-state index >= 15 is 0 Å². The van der Waals surface area contributed by atoms with Crippen LogP contribution >= 0.6 is 0 Å². The van der Waals surface area contributed by atoms with E-state index in [4.69, 9.17) is 9.84 Å². The predicted octanol–water partition coefficient (Wildman–Crippen LogP) is 0.974. The van der Waals surface area contributed by atoms with Gasteiger partial charge in [-0.3, -0.25) is 0 Å². The summed E-state index contributed by atoms with van der Waals surface area (Å²) in [7, 11) is 1.42. The molecular weight excluding hydrogens is 210 g/mol. The third-order valence-corrected chi connectivity index (χ3v) is 2.10. The molecule has 0 radical (unpaired) electrons. The largest absolute Gasteiger partial charge is 0.496 e. The van der Waals surface area contributed by atoms with Crippen molar-refractivity contribution in [3.05, 3.63) is 36.4 Å². The highest BCUT2D eigenvalue weighted by atomic mass is 16.5. The number of aromatic nitrogens is 3. The zero-order valence-corrected chi connectivity index (χ0v) is 8.49. The van der Waals surface area contributed by atoms with Crippen LogP contribution < -0.4 is 4.74 Å². The fraction of sp³-hybridized carbons (Fsp3) is 0.100. The molecule has 2 aromatic rings. The molecule has 0 saturated heterocycles. The van der Waals surface area contributed by atoms with Gasteiger partial charge in [0.25, 0.3) is 0 Å². The molecule has 1 aromatic heterocycles. The van der Waals surface area contributed by atoms with Gasteiger partial charge in [0, 0.05) is 6.07 Å². The summed E-state index contributed by atoms with van der Waals surface area (Å²) in [6.07, 6.45) is 2.92. The lowest BCUT2D eigenvalue weighted by atomic mass is 10.2. The van der Waals surface area contributed by atoms with E-state index in [1.165, 1.54) is 30.5 Å². The summed E-state index contributed by atoms with van der Waals surface area (Å²) in [5.41, 5.74) is 0.811. The van der Waals surface area contributed by atoms with Gasteiger partial charge in [-0.25, -0.2) is 14.5 Å². The molecule has 0 bridgehead atoms. The van der Waals surface area contributed by atoms with Gasteiger partial charge in [-0.15, -0.1) is 0 Å². The maximum absolute atomic E-state index is 10.9. The lowest BCUT2D eigenvalue weighted by Gasteiger charge is -2.07. The first-order valence-electron chi connectivity index (χ1n) is 4.48. The fourth-order valence-corrected chi connectivity index (χ4v) is 1.34. The van der Waals surface area contributed by atoms with Crippen LogP contribution in [0.3, 0.4) is 0 Å². The SMILES string of the molecule is COc1cc(-n2cncn2)ccc1C(=O)O. The molecule has 1 aromatic carbocycles. The summed E-state index contributed by atoms with van der Waals surface area (Å²) >= 11 is 0. The van der Waals surface area contributed by atoms with Crippen LogP contribution in [0.25, 0.3) is 5.69 Å². The van der Waals surface area contributed by atoms with E-state index in [1.54, 1.807) is 12.1 Å². The van der Waals surface area contributed by atoms with E-state index in [9.17, 15) is 4.79 Å². The molecule has 1 N–H and O–H groups in total. The van der Waals surface area contributed by atoms with Gasteiger partial charge in [-0.1, -0.05) is 0 Å². The van der Waals surface area contributed by atoms with Gasteiger partial charge in [-0.05, 0) is 12.1 Å². The number of hydrogen-bond donors (Lipinski definition) is 1. The van der Waals surface area contributed by atoms with Crippen molar-refractivity contribution in [3.63, 3.8) is 0 Å². The minimum atomic E-state index is -1.03. The zero-order chi connectivity index (χ0) is 11.5. The van der Waals surface area contributed by atoms with Crippen LogP contribution in [0.1, 0.15) is 10.4 Å². The monoisotopic (exact) mass is 219 g/mol. The van der Waals surface area contributed by atoms with E-state index in [1.807, 2.05) is 0 Å². The second kappa shape index (κ2) is 4.01. The van der Waals surface area contributed by atoms with E-state index in [0.717, 1.165) is 0 Å². The van der Waals surface area contributed by atoms with Gasteiger partial charge in [-0.2, -0.15) is 5.10 Å². The van der Waals surface area contributed by atoms with Gasteiger partial charge >= 0.3 is 5.97 Å². The lowest BCUT2D eigenvalue weighted by Crippen LogP contribution is -2.02. The summed E-state index contributed by atoms with van der Waals surface area (Å²) in [5.74, 6) is -0.734. The minimum absolute atomic E-state index is 0.117. The Balaban J connectivity index is 2.49. The third kappa shape index (κ3) is 1.72. The second-order valence-corrected chi connectivity index (χ2v) is 3.03. The Morgan fingerprint density at radius 1 is 1.50 bits per heavy atom. The van der Waals surface area contributed by atoms with Gasteiger partial charge in [0.05, 0.1) is 12.8 Å². The van der Waals surface area contributed by atoms with Gasteiger partial charge in [0.1, 0.15) is 24.0 Å². The molecular formula is C10H9N3O3. The Labute approximate surface area is 91.1 Å². The van der Waals surface area contributed by atoms with Crippen LogP contribution in [0.4, 0.5) is 0 Å². The average molecular weight is 219 g/mol. The molecule has 2 rings (SSSR count). The molecule has 0 atom stereocenters. The maximum Gasteiger partial charge on any atom is 0.339 e. The number of hydrogen-bond acceptors (Lipinski definition) is 4. The van der Waals surface area contributed by atoms with Gasteiger partial charge in [0.2, 0.25) is 0 Å². The fourth-order valence-electron chi connectivity index (χ4n) is 1.34. The number of ether oxygens (including phenoxy) is 1. The average Bonchev–Trinajstić information content (AvgIpc) is 2.81. The summed E-state index contributed by atoms with van der Waals surface area (Å²) in [6, 6.07) is 4.71. The van der Waals surface area contributed by atoms with Gasteiger partial charge < -0.3 is 9.84 Å². The molecule has 0 aliphatic carbocycles. The van der Waals surface area contributed by atoms with Crippen molar-refractivity contribution < 1.29 is 14.6 Å². The molecule has 0 aliphatic heterocycles. The molecule has 0 saturated carbocycles. The number of carboxylic acids is 1. The van der Waals surface area contributed by atoms with Crippen LogP contribution in [0.2, 0.25) is 0 Å². The predicted molar refractivity (Wildman–Crippen MR) is 54.9 cm³/mol. The van der Waals surface area contributed by atoms with Crippen molar-refractivity contribution in [2.45, 2.75) is 0 Å². The van der Waals surface area contributed by atoms with E-state index in [2.05, 4.69) is 10.1 Å². The standard InChI is InChI=1S/C10H9N3O3/c1-16-9-4-7(13-6-11-5-12-13)2-3-8(9)10(14)15/h2-6H,1H3,(H,14,15). The molecule has 0 aliphatic rings. The maximum atomic E-state index is 10.9. The first kappa shape index (κ1) is 10.2. The molecule has 6 heteroatoms. The second-order valence-electron chi connectivity index (χ2n) is 3.03. The Kier molecular flexibility index (Phi) is 2.55. The van der Waals surface area contributed by atoms with Crippen molar-refractivity contribution >= 4 is 5.97 Å². The van der Waals surface area contributed by atoms with E-state index < -0.39 is 5.97 Å². The number of rotatable bonds is 3. The number of carboxylic acid groups (broad SMARTS) is 1. The highest BCUT2D eigenvalue weighted by Gasteiger charge is 2.11. The number of aromatic carboxylic acids is 1. The van der Waals surface area contributed by atoms with E-state index in [0.29, 0.717) is 11.4 Å². The number of nitrogens with zero attached hydrogens (tertiary/aromatic N) is 3. The Morgan fingerprint density at radius 2 is 2.31 bits per heavy atom. The molecule has 82 valence electrons. The van der Waals surface area contributed by atoms with Crippen LogP contribution in [0, 0.1) is 0 Å². The molecule has 0 unspecified atom stereocenters. The smallest absolute Gasteiger partial charge is 0.339 e. The highest BCUT2D eigenvalue weighted by Crippen LogP contribution is 2.21. The normalized spacial score (nSPS) is 10.1. The topological polar surface area (TPSA) is 77.2 Å². The quantitative estimate of drug-likeness (QED) is 0.832. The summed E-state index contributed by atoms with van der Waals surface area (Å²) in [6.45, 7) is 0. The van der Waals surface area contributed by atoms with Crippen LogP contribution in [-0.2, 0) is 0 Å². The lowest BCUT2D eigenvalue weighted by molar-refractivity contribution is 0.0693. The van der Waals surface area contributed by atoms with Crippen molar-refractivity contribution in [2.75, 3.05) is 7.11 Å². The van der Waals surface area contributed by atoms with Crippen LogP contribution in [0.5, 0.6) is 5.75 Å². The summed E-state index contributed by atoms with van der Waals surface area (Å²) < 4.78 is 6.52. The first-order chi connectivity index (χ1) is 7.72. The zero-order valence-electron chi connectivity index (χ0n) is 8.49. The summed E-state index contributed by atoms with van der Waals surface area (Å²) in [5, 5.41) is 12.8. The van der Waals surface area contributed by atoms with Gasteiger partial charge in [0.15, 0.2) is 0 Å². The molecule has 0 amide bonds. The molecule has 16 heavy (non-hydrogen) atoms. The molecule has 1 heterocycles. The van der Waals surface area contributed by atoms with Crippen LogP contribution in [-0.4, -0.2) is 33.0 Å².